The van der Waals surface area contributed by atoms with Gasteiger partial charge >= 0.3 is 5.97 Å². The SMILES string of the molecule is CCOc1ccc(C(=O)O[C@@H](C)C(=O)c2ccc(NS(C)(=O)=O)cc2)cc1OC. The van der Waals surface area contributed by atoms with Gasteiger partial charge in [-0.25, -0.2) is 13.2 Å². The third-order valence-corrected chi connectivity index (χ3v) is 4.43. The van der Waals surface area contributed by atoms with E-state index in [1.165, 1.54) is 50.4 Å². The molecule has 0 spiro atoms. The normalized spacial score (nSPS) is 12.0. The molecule has 0 radical (unpaired) electrons. The molecule has 1 atom stereocenters. The molecule has 156 valence electrons. The summed E-state index contributed by atoms with van der Waals surface area (Å²) < 4.78 is 40.7. The highest BCUT2D eigenvalue weighted by Gasteiger charge is 2.21. The minimum absolute atomic E-state index is 0.220. The van der Waals surface area contributed by atoms with Crippen molar-refractivity contribution in [2.45, 2.75) is 20.0 Å². The number of nitrogens with one attached hydrogen (secondary N) is 1. The molecule has 0 heterocycles. The maximum absolute atomic E-state index is 12.5. The zero-order valence-electron chi connectivity index (χ0n) is 16.6. The maximum Gasteiger partial charge on any atom is 0.338 e. The van der Waals surface area contributed by atoms with Crippen molar-refractivity contribution in [3.05, 3.63) is 53.6 Å². The monoisotopic (exact) mass is 421 g/mol. The van der Waals surface area contributed by atoms with Crippen LogP contribution in [0.1, 0.15) is 34.6 Å². The van der Waals surface area contributed by atoms with Gasteiger partial charge in [-0.3, -0.25) is 9.52 Å². The molecule has 0 fully saturated rings. The lowest BCUT2D eigenvalue weighted by molar-refractivity contribution is 0.0318. The van der Waals surface area contributed by atoms with Gasteiger partial charge in [0.25, 0.3) is 0 Å². The number of hydrogen-bond acceptors (Lipinski definition) is 7. The van der Waals surface area contributed by atoms with Crippen molar-refractivity contribution in [1.29, 1.82) is 0 Å². The average Bonchev–Trinajstić information content (AvgIpc) is 2.67. The molecule has 1 N–H and O–H groups in total. The molecule has 0 aromatic heterocycles. The lowest BCUT2D eigenvalue weighted by Crippen LogP contribution is -2.24. The van der Waals surface area contributed by atoms with Gasteiger partial charge in [-0.15, -0.1) is 0 Å². The van der Waals surface area contributed by atoms with Crippen LogP contribution in [0.5, 0.6) is 11.5 Å². The molecule has 0 bridgehead atoms. The fourth-order valence-electron chi connectivity index (χ4n) is 2.50. The Morgan fingerprint density at radius 1 is 1.03 bits per heavy atom. The van der Waals surface area contributed by atoms with Crippen LogP contribution in [0.2, 0.25) is 0 Å². The first-order valence-corrected chi connectivity index (χ1v) is 10.7. The number of sulfonamides is 1. The molecule has 8 nitrogen and oxygen atoms in total. The van der Waals surface area contributed by atoms with Gasteiger partial charge in [-0.1, -0.05) is 0 Å². The smallest absolute Gasteiger partial charge is 0.338 e. The second kappa shape index (κ2) is 9.42. The highest BCUT2D eigenvalue weighted by atomic mass is 32.2. The summed E-state index contributed by atoms with van der Waals surface area (Å²) in [7, 11) is -1.95. The Morgan fingerprint density at radius 3 is 2.21 bits per heavy atom. The first-order chi connectivity index (χ1) is 13.6. The molecule has 29 heavy (non-hydrogen) atoms. The number of ether oxygens (including phenoxy) is 3. The number of Topliss-reactive ketones (excluding diaryl/α,β-unsaturated/α-hetero) is 1. The van der Waals surface area contributed by atoms with Crippen molar-refractivity contribution in [2.75, 3.05) is 24.7 Å². The largest absolute Gasteiger partial charge is 0.493 e. The van der Waals surface area contributed by atoms with Crippen LogP contribution in [-0.2, 0) is 14.8 Å². The number of benzene rings is 2. The molecular weight excluding hydrogens is 398 g/mol. The molecule has 0 amide bonds. The van der Waals surface area contributed by atoms with Crippen LogP contribution in [0.4, 0.5) is 5.69 Å². The molecular formula is C20H23NO7S. The van der Waals surface area contributed by atoms with Gasteiger partial charge in [-0.2, -0.15) is 0 Å². The summed E-state index contributed by atoms with van der Waals surface area (Å²) in [5.41, 5.74) is 0.835. The number of carbonyl (C=O) groups is 2. The van der Waals surface area contributed by atoms with Crippen LogP contribution in [0.3, 0.4) is 0 Å². The van der Waals surface area contributed by atoms with Crippen molar-refractivity contribution in [3.63, 3.8) is 0 Å². The Morgan fingerprint density at radius 2 is 1.66 bits per heavy atom. The summed E-state index contributed by atoms with van der Waals surface area (Å²) in [6.07, 6.45) is -0.00229. The molecule has 0 saturated carbocycles. The van der Waals surface area contributed by atoms with Crippen LogP contribution in [0.15, 0.2) is 42.5 Å². The first kappa shape index (κ1) is 22.2. The Bertz CT molecular complexity index is 984. The second-order valence-corrected chi connectivity index (χ2v) is 7.91. The molecule has 2 aromatic rings. The van der Waals surface area contributed by atoms with Gasteiger partial charge in [0.2, 0.25) is 15.8 Å². The van der Waals surface area contributed by atoms with Gasteiger partial charge in [0.05, 0.1) is 25.5 Å². The summed E-state index contributed by atoms with van der Waals surface area (Å²) in [6.45, 7) is 3.75. The Labute approximate surface area is 169 Å². The molecule has 0 aliphatic rings. The molecule has 0 aliphatic heterocycles. The first-order valence-electron chi connectivity index (χ1n) is 8.78. The van der Waals surface area contributed by atoms with E-state index in [2.05, 4.69) is 4.72 Å². The van der Waals surface area contributed by atoms with E-state index in [9.17, 15) is 18.0 Å². The van der Waals surface area contributed by atoms with Gasteiger partial charge in [-0.05, 0) is 56.3 Å². The van der Waals surface area contributed by atoms with E-state index >= 15 is 0 Å². The number of rotatable bonds is 9. The average molecular weight is 421 g/mol. The predicted octanol–water partition coefficient (Wildman–Crippen LogP) is 2.89. The van der Waals surface area contributed by atoms with Crippen molar-refractivity contribution in [3.8, 4) is 11.5 Å². The summed E-state index contributed by atoms with van der Waals surface area (Å²) in [4.78, 5) is 24.9. The van der Waals surface area contributed by atoms with E-state index in [4.69, 9.17) is 14.2 Å². The fraction of sp³-hybridized carbons (Fsp3) is 0.300. The minimum atomic E-state index is -3.41. The summed E-state index contributed by atoms with van der Waals surface area (Å²) in [5.74, 6) is -0.211. The van der Waals surface area contributed by atoms with Crippen LogP contribution < -0.4 is 14.2 Å². The molecule has 0 unspecified atom stereocenters. The third-order valence-electron chi connectivity index (χ3n) is 3.82. The van der Waals surface area contributed by atoms with E-state index < -0.39 is 27.9 Å². The van der Waals surface area contributed by atoms with E-state index in [1.54, 1.807) is 6.07 Å². The molecule has 0 saturated heterocycles. The minimum Gasteiger partial charge on any atom is -0.493 e. The fourth-order valence-corrected chi connectivity index (χ4v) is 3.07. The number of methoxy groups -OCH3 is 1. The standard InChI is InChI=1S/C20H23NO7S/c1-5-27-17-11-8-15(12-18(17)26-3)20(23)28-13(2)19(22)14-6-9-16(10-7-14)21-29(4,24)25/h6-13,21H,5H2,1-4H3/t13-/m0/s1. The molecule has 2 aromatic carbocycles. The van der Waals surface area contributed by atoms with Crippen molar-refractivity contribution >= 4 is 27.5 Å². The summed E-state index contributed by atoms with van der Waals surface area (Å²) in [6, 6.07) is 10.4. The lowest BCUT2D eigenvalue weighted by Gasteiger charge is -2.14. The third kappa shape index (κ3) is 6.21. The second-order valence-electron chi connectivity index (χ2n) is 6.16. The van der Waals surface area contributed by atoms with E-state index in [0.717, 1.165) is 6.26 Å². The van der Waals surface area contributed by atoms with E-state index in [1.807, 2.05) is 6.92 Å². The quantitative estimate of drug-likeness (QED) is 0.490. The Balaban J connectivity index is 2.08. The van der Waals surface area contributed by atoms with Crippen LogP contribution in [-0.4, -0.2) is 46.2 Å². The Hall–Kier alpha value is -3.07. The molecule has 9 heteroatoms. The van der Waals surface area contributed by atoms with Crippen molar-refractivity contribution < 1.29 is 32.2 Å². The van der Waals surface area contributed by atoms with Crippen LogP contribution in [0, 0.1) is 0 Å². The predicted molar refractivity (Wildman–Crippen MR) is 108 cm³/mol. The highest BCUT2D eigenvalue weighted by molar-refractivity contribution is 7.92. The number of carbonyl (C=O) groups excluding carboxylic acids is 2. The number of ketones is 1. The van der Waals surface area contributed by atoms with E-state index in [0.29, 0.717) is 23.8 Å². The summed E-state index contributed by atoms with van der Waals surface area (Å²) in [5, 5.41) is 0. The topological polar surface area (TPSA) is 108 Å². The molecule has 0 aliphatic carbocycles. The van der Waals surface area contributed by atoms with Crippen molar-refractivity contribution in [2.24, 2.45) is 0 Å². The maximum atomic E-state index is 12.5. The number of hydrogen-bond donors (Lipinski definition) is 1. The highest BCUT2D eigenvalue weighted by Crippen LogP contribution is 2.28. The van der Waals surface area contributed by atoms with Gasteiger partial charge in [0.15, 0.2) is 17.6 Å². The van der Waals surface area contributed by atoms with Gasteiger partial charge in [0, 0.05) is 11.3 Å². The van der Waals surface area contributed by atoms with Gasteiger partial charge in [0.1, 0.15) is 0 Å². The number of esters is 1. The van der Waals surface area contributed by atoms with E-state index in [-0.39, 0.29) is 11.1 Å². The zero-order chi connectivity index (χ0) is 21.6. The zero-order valence-corrected chi connectivity index (χ0v) is 17.4. The molecule has 2 rings (SSSR count). The van der Waals surface area contributed by atoms with Crippen LogP contribution >= 0.6 is 0 Å². The lowest BCUT2D eigenvalue weighted by atomic mass is 10.1. The van der Waals surface area contributed by atoms with Gasteiger partial charge < -0.3 is 14.2 Å². The summed E-state index contributed by atoms with van der Waals surface area (Å²) >= 11 is 0. The van der Waals surface area contributed by atoms with Crippen molar-refractivity contribution in [1.82, 2.24) is 0 Å². The van der Waals surface area contributed by atoms with Crippen LogP contribution in [0.25, 0.3) is 0 Å². The number of anilines is 1. The Kier molecular flexibility index (Phi) is 7.22.